The molecule has 2 aromatic rings. The topological polar surface area (TPSA) is 25.8 Å². The van der Waals surface area contributed by atoms with Gasteiger partial charge in [-0.05, 0) is 18.6 Å². The van der Waals surface area contributed by atoms with Crippen LogP contribution in [-0.2, 0) is 0 Å². The highest BCUT2D eigenvalue weighted by atomic mass is 79.9. The van der Waals surface area contributed by atoms with Crippen molar-refractivity contribution < 1.29 is 0 Å². The van der Waals surface area contributed by atoms with E-state index in [-0.39, 0.29) is 0 Å². The Kier molecular flexibility index (Phi) is 5.11. The standard InChI is InChI=1S/C16H15BrN2/c1-2-3-4-5-6-13-11-18-16(19-12-13)14-7-9-15(17)10-8-14/h7-12H,2-4H2,1H3. The van der Waals surface area contributed by atoms with Crippen molar-refractivity contribution in [2.45, 2.75) is 26.2 Å². The van der Waals surface area contributed by atoms with Gasteiger partial charge in [0.15, 0.2) is 5.82 Å². The van der Waals surface area contributed by atoms with Gasteiger partial charge < -0.3 is 0 Å². The van der Waals surface area contributed by atoms with Crippen LogP contribution < -0.4 is 0 Å². The zero-order chi connectivity index (χ0) is 13.5. The maximum atomic E-state index is 4.35. The van der Waals surface area contributed by atoms with Gasteiger partial charge in [0.2, 0.25) is 0 Å². The summed E-state index contributed by atoms with van der Waals surface area (Å²) >= 11 is 3.41. The zero-order valence-corrected chi connectivity index (χ0v) is 12.4. The molecule has 0 saturated heterocycles. The minimum Gasteiger partial charge on any atom is -0.235 e. The van der Waals surface area contributed by atoms with Crippen molar-refractivity contribution in [3.63, 3.8) is 0 Å². The molecule has 2 nitrogen and oxygen atoms in total. The predicted molar refractivity (Wildman–Crippen MR) is 81.6 cm³/mol. The Labute approximate surface area is 122 Å². The number of hydrogen-bond donors (Lipinski definition) is 0. The van der Waals surface area contributed by atoms with E-state index in [1.165, 1.54) is 6.42 Å². The van der Waals surface area contributed by atoms with Crippen LogP contribution in [0.5, 0.6) is 0 Å². The summed E-state index contributed by atoms with van der Waals surface area (Å²) in [6.45, 7) is 2.16. The number of hydrogen-bond acceptors (Lipinski definition) is 2. The van der Waals surface area contributed by atoms with Gasteiger partial charge in [-0.3, -0.25) is 0 Å². The van der Waals surface area contributed by atoms with Gasteiger partial charge in [-0.2, -0.15) is 0 Å². The molecule has 1 heterocycles. The van der Waals surface area contributed by atoms with E-state index in [0.717, 1.165) is 34.3 Å². The molecule has 19 heavy (non-hydrogen) atoms. The third-order valence-corrected chi connectivity index (χ3v) is 3.17. The quantitative estimate of drug-likeness (QED) is 0.618. The molecule has 0 aliphatic heterocycles. The van der Waals surface area contributed by atoms with Gasteiger partial charge in [0.25, 0.3) is 0 Å². The molecular weight excluding hydrogens is 300 g/mol. The highest BCUT2D eigenvalue weighted by Crippen LogP contribution is 2.17. The third kappa shape index (κ3) is 4.18. The van der Waals surface area contributed by atoms with Crippen LogP contribution in [0.3, 0.4) is 0 Å². The summed E-state index contributed by atoms with van der Waals surface area (Å²) in [6, 6.07) is 7.95. The fourth-order valence-electron chi connectivity index (χ4n) is 1.57. The molecule has 0 spiro atoms. The second-order valence-corrected chi connectivity index (χ2v) is 5.12. The Morgan fingerprint density at radius 2 is 1.79 bits per heavy atom. The molecule has 0 N–H and O–H groups in total. The number of rotatable bonds is 3. The van der Waals surface area contributed by atoms with Gasteiger partial charge in [-0.15, -0.1) is 0 Å². The van der Waals surface area contributed by atoms with Crippen LogP contribution in [0.25, 0.3) is 11.4 Å². The van der Waals surface area contributed by atoms with Crippen molar-refractivity contribution in [2.75, 3.05) is 0 Å². The first kappa shape index (κ1) is 13.8. The van der Waals surface area contributed by atoms with Gasteiger partial charge in [-0.25, -0.2) is 9.97 Å². The van der Waals surface area contributed by atoms with Crippen molar-refractivity contribution in [3.8, 4) is 23.2 Å². The summed E-state index contributed by atoms with van der Waals surface area (Å²) < 4.78 is 1.05. The number of benzene rings is 1. The number of halogens is 1. The molecular formula is C16H15BrN2. The SMILES string of the molecule is CCCCC#Cc1cnc(-c2ccc(Br)cc2)nc1. The second kappa shape index (κ2) is 7.06. The van der Waals surface area contributed by atoms with E-state index in [1.807, 2.05) is 24.3 Å². The third-order valence-electron chi connectivity index (χ3n) is 2.64. The first-order valence-corrected chi connectivity index (χ1v) is 7.15. The molecule has 1 aromatic carbocycles. The van der Waals surface area contributed by atoms with E-state index in [9.17, 15) is 0 Å². The van der Waals surface area contributed by atoms with Crippen molar-refractivity contribution in [3.05, 3.63) is 46.7 Å². The maximum Gasteiger partial charge on any atom is 0.159 e. The summed E-state index contributed by atoms with van der Waals surface area (Å²) in [5, 5.41) is 0. The lowest BCUT2D eigenvalue weighted by molar-refractivity contribution is 0.828. The summed E-state index contributed by atoms with van der Waals surface area (Å²) in [6.07, 6.45) is 6.82. The van der Waals surface area contributed by atoms with Crippen LogP contribution in [-0.4, -0.2) is 9.97 Å². The smallest absolute Gasteiger partial charge is 0.159 e. The zero-order valence-electron chi connectivity index (χ0n) is 10.9. The fourth-order valence-corrected chi connectivity index (χ4v) is 1.83. The van der Waals surface area contributed by atoms with Crippen LogP contribution >= 0.6 is 15.9 Å². The summed E-state index contributed by atoms with van der Waals surface area (Å²) in [5.41, 5.74) is 1.88. The first-order chi connectivity index (χ1) is 9.29. The average Bonchev–Trinajstić information content (AvgIpc) is 2.45. The first-order valence-electron chi connectivity index (χ1n) is 6.36. The second-order valence-electron chi connectivity index (χ2n) is 4.21. The lowest BCUT2D eigenvalue weighted by atomic mass is 10.2. The lowest BCUT2D eigenvalue weighted by Gasteiger charge is -1.99. The van der Waals surface area contributed by atoms with Crippen molar-refractivity contribution in [1.29, 1.82) is 0 Å². The highest BCUT2D eigenvalue weighted by molar-refractivity contribution is 9.10. The van der Waals surface area contributed by atoms with E-state index < -0.39 is 0 Å². The van der Waals surface area contributed by atoms with Crippen molar-refractivity contribution >= 4 is 15.9 Å². The minimum absolute atomic E-state index is 0.728. The Bertz CT molecular complexity index is 577. The Morgan fingerprint density at radius 3 is 2.42 bits per heavy atom. The lowest BCUT2D eigenvalue weighted by Crippen LogP contribution is -1.89. The molecule has 0 bridgehead atoms. The van der Waals surface area contributed by atoms with E-state index in [0.29, 0.717) is 0 Å². The maximum absolute atomic E-state index is 4.35. The molecule has 0 unspecified atom stereocenters. The summed E-state index contributed by atoms with van der Waals surface area (Å²) in [5.74, 6) is 6.95. The summed E-state index contributed by atoms with van der Waals surface area (Å²) in [4.78, 5) is 8.70. The summed E-state index contributed by atoms with van der Waals surface area (Å²) in [7, 11) is 0. The highest BCUT2D eigenvalue weighted by Gasteiger charge is 2.00. The molecule has 0 aliphatic carbocycles. The van der Waals surface area contributed by atoms with Gasteiger partial charge >= 0.3 is 0 Å². The van der Waals surface area contributed by atoms with Crippen LogP contribution in [0.4, 0.5) is 0 Å². The van der Waals surface area contributed by atoms with E-state index in [4.69, 9.17) is 0 Å². The largest absolute Gasteiger partial charge is 0.235 e. The van der Waals surface area contributed by atoms with Gasteiger partial charge in [0.1, 0.15) is 0 Å². The number of nitrogens with zero attached hydrogens (tertiary/aromatic N) is 2. The number of unbranched alkanes of at least 4 members (excludes halogenated alkanes) is 2. The van der Waals surface area contributed by atoms with E-state index in [1.54, 1.807) is 12.4 Å². The Hall–Kier alpha value is -1.66. The van der Waals surface area contributed by atoms with E-state index >= 15 is 0 Å². The molecule has 0 aliphatic rings. The molecule has 2 rings (SSSR count). The van der Waals surface area contributed by atoms with E-state index in [2.05, 4.69) is 44.7 Å². The molecule has 0 radical (unpaired) electrons. The van der Waals surface area contributed by atoms with Crippen molar-refractivity contribution in [1.82, 2.24) is 9.97 Å². The van der Waals surface area contributed by atoms with Crippen LogP contribution in [0, 0.1) is 11.8 Å². The molecule has 0 saturated carbocycles. The van der Waals surface area contributed by atoms with Gasteiger partial charge in [0, 0.05) is 28.9 Å². The molecule has 0 amide bonds. The Balaban J connectivity index is 2.09. The Morgan fingerprint density at radius 1 is 1.11 bits per heavy atom. The molecule has 1 aromatic heterocycles. The minimum atomic E-state index is 0.728. The average molecular weight is 315 g/mol. The monoisotopic (exact) mass is 314 g/mol. The normalized spacial score (nSPS) is 9.79. The molecule has 0 atom stereocenters. The van der Waals surface area contributed by atoms with Crippen LogP contribution in [0.15, 0.2) is 41.1 Å². The van der Waals surface area contributed by atoms with Crippen LogP contribution in [0.2, 0.25) is 0 Å². The van der Waals surface area contributed by atoms with Gasteiger partial charge in [0.05, 0.1) is 5.56 Å². The van der Waals surface area contributed by atoms with Gasteiger partial charge in [-0.1, -0.05) is 53.2 Å². The fraction of sp³-hybridized carbons (Fsp3) is 0.250. The number of aromatic nitrogens is 2. The van der Waals surface area contributed by atoms with Crippen molar-refractivity contribution in [2.24, 2.45) is 0 Å². The molecule has 3 heteroatoms. The van der Waals surface area contributed by atoms with Crippen LogP contribution in [0.1, 0.15) is 31.7 Å². The predicted octanol–water partition coefficient (Wildman–Crippen LogP) is 4.45. The molecule has 0 fully saturated rings. The molecule has 96 valence electrons.